The zero-order valence-corrected chi connectivity index (χ0v) is 12.7. The summed E-state index contributed by atoms with van der Waals surface area (Å²) >= 11 is 6.10. The van der Waals surface area contributed by atoms with Gasteiger partial charge in [0.25, 0.3) is 0 Å². The molecule has 1 aromatic heterocycles. The number of halogens is 1. The van der Waals surface area contributed by atoms with Crippen LogP contribution in [-0.2, 0) is 0 Å². The minimum atomic E-state index is 0.757. The number of aromatic nitrogens is 1. The van der Waals surface area contributed by atoms with Crippen LogP contribution < -0.4 is 5.32 Å². The van der Waals surface area contributed by atoms with Crippen LogP contribution in [0.2, 0.25) is 5.02 Å². The molecule has 0 saturated carbocycles. The molecule has 108 valence electrons. The average Bonchev–Trinajstić information content (AvgIpc) is 3.19. The number of aromatic amines is 1. The van der Waals surface area contributed by atoms with E-state index in [2.05, 4.69) is 46.7 Å². The summed E-state index contributed by atoms with van der Waals surface area (Å²) in [7, 11) is 0. The van der Waals surface area contributed by atoms with Gasteiger partial charge < -0.3 is 10.3 Å². The highest BCUT2D eigenvalue weighted by molar-refractivity contribution is 6.31. The second-order valence-corrected chi connectivity index (χ2v) is 5.80. The van der Waals surface area contributed by atoms with Gasteiger partial charge in [0.2, 0.25) is 0 Å². The third-order valence-electron chi connectivity index (χ3n) is 3.97. The fraction of sp³-hybridized carbons (Fsp3) is 0.0526. The molecular formula is C19H15ClN2. The Morgan fingerprint density at radius 3 is 2.68 bits per heavy atom. The number of nitrogens with one attached hydrogen (secondary N) is 2. The molecule has 3 aromatic rings. The molecule has 0 atom stereocenters. The number of hydrogen-bond acceptors (Lipinski definition) is 1. The maximum atomic E-state index is 6.10. The summed E-state index contributed by atoms with van der Waals surface area (Å²) in [5.74, 6) is 0. The Kier molecular flexibility index (Phi) is 3.24. The zero-order chi connectivity index (χ0) is 14.9. The van der Waals surface area contributed by atoms with Gasteiger partial charge in [0.15, 0.2) is 0 Å². The standard InChI is InChI=1S/C19H15ClN2/c20-15-8-9-16-14(11-15)12-22-19(16)18(17-7-4-10-21-17)13-5-2-1-3-6-13/h1-6,8-12,21-22H,7H2. The molecule has 0 unspecified atom stereocenters. The minimum Gasteiger partial charge on any atom is -0.364 e. The van der Waals surface area contributed by atoms with Crippen molar-refractivity contribution in [3.05, 3.63) is 89.0 Å². The lowest BCUT2D eigenvalue weighted by molar-refractivity contribution is 1.07. The highest BCUT2D eigenvalue weighted by Gasteiger charge is 2.16. The Balaban J connectivity index is 1.96. The smallest absolute Gasteiger partial charge is 0.0557 e. The van der Waals surface area contributed by atoms with Crippen LogP contribution >= 0.6 is 11.6 Å². The van der Waals surface area contributed by atoms with Crippen molar-refractivity contribution >= 4 is 27.9 Å². The number of fused-ring (bicyclic) bond motifs is 1. The summed E-state index contributed by atoms with van der Waals surface area (Å²) in [6.07, 6.45) is 7.07. The first-order chi connectivity index (χ1) is 10.8. The van der Waals surface area contributed by atoms with Crippen LogP contribution in [0.4, 0.5) is 0 Å². The first kappa shape index (κ1) is 13.2. The second kappa shape index (κ2) is 5.39. The number of H-pyrrole nitrogens is 1. The van der Waals surface area contributed by atoms with Gasteiger partial charge in [-0.15, -0.1) is 0 Å². The van der Waals surface area contributed by atoms with E-state index in [-0.39, 0.29) is 0 Å². The lowest BCUT2D eigenvalue weighted by Gasteiger charge is -2.12. The Hall–Kier alpha value is -2.45. The first-order valence-corrected chi connectivity index (χ1v) is 7.68. The van der Waals surface area contributed by atoms with E-state index in [0.29, 0.717) is 0 Å². The van der Waals surface area contributed by atoms with Crippen molar-refractivity contribution < 1.29 is 0 Å². The van der Waals surface area contributed by atoms with Crippen molar-refractivity contribution in [1.29, 1.82) is 0 Å². The van der Waals surface area contributed by atoms with E-state index in [1.54, 1.807) is 0 Å². The third kappa shape index (κ3) is 2.22. The van der Waals surface area contributed by atoms with E-state index in [1.807, 2.05) is 30.6 Å². The van der Waals surface area contributed by atoms with Crippen molar-refractivity contribution in [2.24, 2.45) is 0 Å². The molecule has 0 amide bonds. The van der Waals surface area contributed by atoms with E-state index in [1.165, 1.54) is 22.2 Å². The Labute approximate surface area is 134 Å². The molecule has 0 fully saturated rings. The van der Waals surface area contributed by atoms with Crippen LogP contribution in [0, 0.1) is 0 Å². The van der Waals surface area contributed by atoms with Crippen molar-refractivity contribution in [2.75, 3.05) is 0 Å². The van der Waals surface area contributed by atoms with Gasteiger partial charge in [-0.05, 0) is 23.9 Å². The van der Waals surface area contributed by atoms with Gasteiger partial charge in [-0.2, -0.15) is 0 Å². The van der Waals surface area contributed by atoms with Gasteiger partial charge in [-0.3, -0.25) is 0 Å². The Morgan fingerprint density at radius 2 is 1.91 bits per heavy atom. The third-order valence-corrected chi connectivity index (χ3v) is 4.20. The molecule has 2 heterocycles. The molecule has 3 heteroatoms. The minimum absolute atomic E-state index is 0.757. The van der Waals surface area contributed by atoms with Crippen molar-refractivity contribution in [2.45, 2.75) is 6.42 Å². The normalized spacial score (nSPS) is 16.0. The van der Waals surface area contributed by atoms with Gasteiger partial charge in [0.05, 0.1) is 5.69 Å². The van der Waals surface area contributed by atoms with E-state index < -0.39 is 0 Å². The molecule has 0 radical (unpaired) electrons. The molecule has 0 aliphatic carbocycles. The summed E-state index contributed by atoms with van der Waals surface area (Å²) < 4.78 is 0. The molecule has 2 nitrogen and oxygen atoms in total. The maximum Gasteiger partial charge on any atom is 0.0557 e. The van der Waals surface area contributed by atoms with Crippen LogP contribution in [0.15, 0.2) is 72.7 Å². The quantitative estimate of drug-likeness (QED) is 0.678. The fourth-order valence-corrected chi connectivity index (χ4v) is 3.14. The lowest BCUT2D eigenvalue weighted by atomic mass is 9.97. The molecule has 2 aromatic carbocycles. The predicted octanol–water partition coefficient (Wildman–Crippen LogP) is 5.09. The van der Waals surface area contributed by atoms with Crippen LogP contribution in [0.3, 0.4) is 0 Å². The average molecular weight is 307 g/mol. The summed E-state index contributed by atoms with van der Waals surface area (Å²) in [5, 5.41) is 6.44. The van der Waals surface area contributed by atoms with Gasteiger partial charge >= 0.3 is 0 Å². The number of hydrogen-bond donors (Lipinski definition) is 2. The SMILES string of the molecule is Clc1ccc2c(C(=C3CC=CN3)c3ccccc3)[nH]cc2c1. The summed E-state index contributed by atoms with van der Waals surface area (Å²) in [6, 6.07) is 16.5. The highest BCUT2D eigenvalue weighted by atomic mass is 35.5. The van der Waals surface area contributed by atoms with Gasteiger partial charge in [0, 0.05) is 39.7 Å². The largest absolute Gasteiger partial charge is 0.364 e. The molecule has 1 aliphatic rings. The fourth-order valence-electron chi connectivity index (χ4n) is 2.96. The summed E-state index contributed by atoms with van der Waals surface area (Å²) in [6.45, 7) is 0. The predicted molar refractivity (Wildman–Crippen MR) is 92.7 cm³/mol. The van der Waals surface area contributed by atoms with Crippen molar-refractivity contribution in [1.82, 2.24) is 10.3 Å². The molecule has 4 rings (SSSR count). The molecule has 0 bridgehead atoms. The zero-order valence-electron chi connectivity index (χ0n) is 11.9. The number of benzene rings is 2. The van der Waals surface area contributed by atoms with Crippen LogP contribution in [0.25, 0.3) is 16.3 Å². The van der Waals surface area contributed by atoms with Crippen molar-refractivity contribution in [3.63, 3.8) is 0 Å². The topological polar surface area (TPSA) is 27.8 Å². The second-order valence-electron chi connectivity index (χ2n) is 5.37. The Bertz CT molecular complexity index is 878. The van der Waals surface area contributed by atoms with E-state index in [4.69, 9.17) is 11.6 Å². The molecule has 1 aliphatic heterocycles. The van der Waals surface area contributed by atoms with Crippen molar-refractivity contribution in [3.8, 4) is 0 Å². The van der Waals surface area contributed by atoms with Gasteiger partial charge in [-0.1, -0.05) is 54.1 Å². The lowest BCUT2D eigenvalue weighted by Crippen LogP contribution is -2.04. The number of allylic oxidation sites excluding steroid dienone is 1. The van der Waals surface area contributed by atoms with Gasteiger partial charge in [-0.25, -0.2) is 0 Å². The first-order valence-electron chi connectivity index (χ1n) is 7.30. The summed E-state index contributed by atoms with van der Waals surface area (Å²) in [4.78, 5) is 3.43. The van der Waals surface area contributed by atoms with Crippen LogP contribution in [-0.4, -0.2) is 4.98 Å². The maximum absolute atomic E-state index is 6.10. The molecule has 2 N–H and O–H groups in total. The molecule has 0 saturated heterocycles. The van der Waals surface area contributed by atoms with E-state index >= 15 is 0 Å². The van der Waals surface area contributed by atoms with Crippen LogP contribution in [0.5, 0.6) is 0 Å². The Morgan fingerprint density at radius 1 is 1.05 bits per heavy atom. The molecule has 0 spiro atoms. The van der Waals surface area contributed by atoms with Gasteiger partial charge in [0.1, 0.15) is 0 Å². The molecule has 22 heavy (non-hydrogen) atoms. The van der Waals surface area contributed by atoms with E-state index in [9.17, 15) is 0 Å². The highest BCUT2D eigenvalue weighted by Crippen LogP contribution is 2.34. The molecular weight excluding hydrogens is 292 g/mol. The monoisotopic (exact) mass is 306 g/mol. The number of rotatable bonds is 2. The summed E-state index contributed by atoms with van der Waals surface area (Å²) in [5.41, 5.74) is 4.75. The van der Waals surface area contributed by atoms with Crippen LogP contribution in [0.1, 0.15) is 17.7 Å². The van der Waals surface area contributed by atoms with E-state index in [0.717, 1.165) is 22.5 Å².